The third-order valence-electron chi connectivity index (χ3n) is 4.76. The van der Waals surface area contributed by atoms with Crippen molar-refractivity contribution >= 4 is 0 Å². The second-order valence-electron chi connectivity index (χ2n) is 8.09. The van der Waals surface area contributed by atoms with Gasteiger partial charge in [0.15, 0.2) is 0 Å². The van der Waals surface area contributed by atoms with Crippen molar-refractivity contribution in [1.82, 2.24) is 0 Å². The van der Waals surface area contributed by atoms with Crippen LogP contribution in [0.5, 0.6) is 0 Å². The molecular weight excluding hydrogens is 280 g/mol. The normalized spacial score (nSPS) is 21.5. The number of benzene rings is 2. The molecule has 0 aromatic heterocycles. The molecule has 0 spiro atoms. The first-order valence-electron chi connectivity index (χ1n) is 8.73. The topological polar surface area (TPSA) is 9.23 Å². The molecule has 0 N–H and O–H groups in total. The lowest BCUT2D eigenvalue weighted by Gasteiger charge is -2.26. The average Bonchev–Trinajstić information content (AvgIpc) is 2.94. The summed E-state index contributed by atoms with van der Waals surface area (Å²) in [4.78, 5) is 0. The Hall–Kier alpha value is -1.60. The highest BCUT2D eigenvalue weighted by Gasteiger charge is 2.31. The van der Waals surface area contributed by atoms with E-state index in [2.05, 4.69) is 75.4 Å². The Bertz CT molecular complexity index is 607. The molecule has 1 heterocycles. The van der Waals surface area contributed by atoms with Gasteiger partial charge in [0, 0.05) is 6.61 Å². The summed E-state index contributed by atoms with van der Waals surface area (Å²) in [5.74, 6) is 1.36. The zero-order valence-electron chi connectivity index (χ0n) is 14.6. The fourth-order valence-electron chi connectivity index (χ4n) is 3.65. The fourth-order valence-corrected chi connectivity index (χ4v) is 3.65. The molecule has 3 rings (SSSR count). The molecule has 0 radical (unpaired) electrons. The molecule has 0 unspecified atom stereocenters. The molecule has 2 atom stereocenters. The van der Waals surface area contributed by atoms with Gasteiger partial charge in [-0.15, -0.1) is 0 Å². The SMILES string of the molecule is CC(C)(C)C[C@H]1COC[C@H]1Cc1ccc(-c2ccccc2)cc1. The maximum atomic E-state index is 5.78. The van der Waals surface area contributed by atoms with Gasteiger partial charge >= 0.3 is 0 Å². The van der Waals surface area contributed by atoms with Gasteiger partial charge in [-0.25, -0.2) is 0 Å². The van der Waals surface area contributed by atoms with E-state index in [0.29, 0.717) is 17.3 Å². The fraction of sp³-hybridized carbons (Fsp3) is 0.455. The van der Waals surface area contributed by atoms with Crippen molar-refractivity contribution in [2.75, 3.05) is 13.2 Å². The zero-order valence-corrected chi connectivity index (χ0v) is 14.6. The van der Waals surface area contributed by atoms with E-state index >= 15 is 0 Å². The molecule has 0 amide bonds. The number of rotatable bonds is 4. The Balaban J connectivity index is 1.66. The molecule has 23 heavy (non-hydrogen) atoms. The van der Waals surface area contributed by atoms with E-state index in [1.54, 1.807) is 0 Å². The van der Waals surface area contributed by atoms with Crippen molar-refractivity contribution in [2.24, 2.45) is 17.3 Å². The molecule has 2 aromatic rings. The van der Waals surface area contributed by atoms with Crippen LogP contribution in [-0.2, 0) is 11.2 Å². The van der Waals surface area contributed by atoms with Crippen molar-refractivity contribution < 1.29 is 4.74 Å². The predicted molar refractivity (Wildman–Crippen MR) is 97.5 cm³/mol. The first-order valence-corrected chi connectivity index (χ1v) is 8.73. The van der Waals surface area contributed by atoms with Gasteiger partial charge in [0.2, 0.25) is 0 Å². The number of ether oxygens (including phenoxy) is 1. The van der Waals surface area contributed by atoms with Gasteiger partial charge in [0.1, 0.15) is 0 Å². The van der Waals surface area contributed by atoms with Crippen molar-refractivity contribution in [3.8, 4) is 11.1 Å². The molecule has 1 heteroatoms. The van der Waals surface area contributed by atoms with Crippen LogP contribution in [0, 0.1) is 17.3 Å². The van der Waals surface area contributed by atoms with Crippen molar-refractivity contribution in [1.29, 1.82) is 0 Å². The number of hydrogen-bond acceptors (Lipinski definition) is 1. The second-order valence-corrected chi connectivity index (χ2v) is 8.09. The van der Waals surface area contributed by atoms with Crippen LogP contribution in [0.2, 0.25) is 0 Å². The lowest BCUT2D eigenvalue weighted by Crippen LogP contribution is -2.21. The summed E-state index contributed by atoms with van der Waals surface area (Å²) in [6.45, 7) is 8.84. The standard InChI is InChI=1S/C22H28O/c1-22(2,3)14-21-16-23-15-20(21)13-17-9-11-19(12-10-17)18-7-5-4-6-8-18/h4-12,20-21H,13-16H2,1-3H3/t20-,21+/m1/s1. The molecule has 2 aromatic carbocycles. The highest BCUT2D eigenvalue weighted by Crippen LogP contribution is 2.34. The van der Waals surface area contributed by atoms with Crippen molar-refractivity contribution in [3.05, 3.63) is 60.2 Å². The Morgan fingerprint density at radius 3 is 2.09 bits per heavy atom. The largest absolute Gasteiger partial charge is 0.381 e. The van der Waals surface area contributed by atoms with E-state index in [1.165, 1.54) is 23.1 Å². The zero-order chi connectivity index (χ0) is 16.3. The second kappa shape index (κ2) is 6.88. The van der Waals surface area contributed by atoms with Crippen LogP contribution in [0.15, 0.2) is 54.6 Å². The van der Waals surface area contributed by atoms with E-state index in [0.717, 1.165) is 19.6 Å². The summed E-state index contributed by atoms with van der Waals surface area (Å²) in [5.41, 5.74) is 4.39. The van der Waals surface area contributed by atoms with Gasteiger partial charge < -0.3 is 4.74 Å². The minimum absolute atomic E-state index is 0.383. The first kappa shape index (κ1) is 16.3. The van der Waals surface area contributed by atoms with E-state index < -0.39 is 0 Å². The van der Waals surface area contributed by atoms with Crippen LogP contribution in [0.1, 0.15) is 32.8 Å². The highest BCUT2D eigenvalue weighted by atomic mass is 16.5. The van der Waals surface area contributed by atoms with Crippen LogP contribution in [-0.4, -0.2) is 13.2 Å². The molecule has 1 aliphatic rings. The Morgan fingerprint density at radius 1 is 0.826 bits per heavy atom. The van der Waals surface area contributed by atoms with Crippen molar-refractivity contribution in [2.45, 2.75) is 33.6 Å². The van der Waals surface area contributed by atoms with Gasteiger partial charge in [-0.3, -0.25) is 0 Å². The third kappa shape index (κ3) is 4.45. The molecule has 0 aliphatic carbocycles. The van der Waals surface area contributed by atoms with Gasteiger partial charge in [-0.1, -0.05) is 75.4 Å². The predicted octanol–water partition coefficient (Wildman–Crippen LogP) is 5.59. The summed E-state index contributed by atoms with van der Waals surface area (Å²) >= 11 is 0. The summed E-state index contributed by atoms with van der Waals surface area (Å²) < 4.78 is 5.78. The molecule has 0 saturated carbocycles. The lowest BCUT2D eigenvalue weighted by atomic mass is 9.78. The Kier molecular flexibility index (Phi) is 4.87. The van der Waals surface area contributed by atoms with Crippen LogP contribution in [0.4, 0.5) is 0 Å². The van der Waals surface area contributed by atoms with E-state index in [-0.39, 0.29) is 0 Å². The highest BCUT2D eigenvalue weighted by molar-refractivity contribution is 5.63. The molecule has 122 valence electrons. The summed E-state index contributed by atoms with van der Waals surface area (Å²) in [7, 11) is 0. The van der Waals surface area contributed by atoms with Crippen LogP contribution < -0.4 is 0 Å². The van der Waals surface area contributed by atoms with Crippen LogP contribution >= 0.6 is 0 Å². The van der Waals surface area contributed by atoms with Gasteiger partial charge in [0.05, 0.1) is 6.61 Å². The summed E-state index contributed by atoms with van der Waals surface area (Å²) in [6, 6.07) is 19.7. The minimum Gasteiger partial charge on any atom is -0.381 e. The maximum absolute atomic E-state index is 5.78. The minimum atomic E-state index is 0.383. The Morgan fingerprint density at radius 2 is 1.43 bits per heavy atom. The molecular formula is C22H28O. The molecule has 1 nitrogen and oxygen atoms in total. The third-order valence-corrected chi connectivity index (χ3v) is 4.76. The van der Waals surface area contributed by atoms with E-state index in [4.69, 9.17) is 4.74 Å². The Labute approximate surface area is 140 Å². The van der Waals surface area contributed by atoms with Crippen molar-refractivity contribution in [3.63, 3.8) is 0 Å². The van der Waals surface area contributed by atoms with Crippen LogP contribution in [0.3, 0.4) is 0 Å². The summed E-state index contributed by atoms with van der Waals surface area (Å²) in [5, 5.41) is 0. The van der Waals surface area contributed by atoms with E-state index in [9.17, 15) is 0 Å². The summed E-state index contributed by atoms with van der Waals surface area (Å²) in [6.07, 6.45) is 2.38. The first-order chi connectivity index (χ1) is 11.0. The maximum Gasteiger partial charge on any atom is 0.0501 e. The molecule has 1 saturated heterocycles. The molecule has 1 fully saturated rings. The van der Waals surface area contributed by atoms with Crippen LogP contribution in [0.25, 0.3) is 11.1 Å². The number of hydrogen-bond donors (Lipinski definition) is 0. The van der Waals surface area contributed by atoms with Gasteiger partial charge in [0.25, 0.3) is 0 Å². The van der Waals surface area contributed by atoms with E-state index in [1.807, 2.05) is 0 Å². The average molecular weight is 308 g/mol. The smallest absolute Gasteiger partial charge is 0.0501 e. The molecule has 0 bridgehead atoms. The monoisotopic (exact) mass is 308 g/mol. The van der Waals surface area contributed by atoms with Gasteiger partial charge in [-0.2, -0.15) is 0 Å². The lowest BCUT2D eigenvalue weighted by molar-refractivity contribution is 0.172. The molecule has 1 aliphatic heterocycles. The van der Waals surface area contributed by atoms with Gasteiger partial charge in [-0.05, 0) is 46.8 Å². The quantitative estimate of drug-likeness (QED) is 0.715.